The third kappa shape index (κ3) is 7.26. The summed E-state index contributed by atoms with van der Waals surface area (Å²) in [4.78, 5) is 14.6. The van der Waals surface area contributed by atoms with Crippen LogP contribution in [-0.2, 0) is 14.6 Å². The quantitative estimate of drug-likeness (QED) is 0.609. The Hall–Kier alpha value is -1.31. The second-order valence-corrected chi connectivity index (χ2v) is 9.72. The monoisotopic (exact) mass is 430 g/mol. The van der Waals surface area contributed by atoms with Crippen LogP contribution in [0.25, 0.3) is 0 Å². The van der Waals surface area contributed by atoms with Gasteiger partial charge in [0.2, 0.25) is 5.91 Å². The highest BCUT2D eigenvalue weighted by Gasteiger charge is 2.25. The highest BCUT2D eigenvalue weighted by atomic mass is 35.5. The number of carbonyl (C=O) groups is 1. The summed E-state index contributed by atoms with van der Waals surface area (Å²) in [5, 5.41) is 3.63. The van der Waals surface area contributed by atoms with E-state index in [1.807, 2.05) is 4.90 Å². The van der Waals surface area contributed by atoms with Crippen LogP contribution < -0.4 is 10.1 Å². The molecule has 0 spiro atoms. The number of piperidine rings is 1. The third-order valence-electron chi connectivity index (χ3n) is 5.30. The summed E-state index contributed by atoms with van der Waals surface area (Å²) in [6, 6.07) is 6.94. The number of nitrogens with one attached hydrogen (secondary N) is 1. The van der Waals surface area contributed by atoms with Crippen molar-refractivity contribution in [2.45, 2.75) is 49.5 Å². The topological polar surface area (TPSA) is 75.7 Å². The van der Waals surface area contributed by atoms with Crippen LogP contribution in [0.2, 0.25) is 0 Å². The second-order valence-electron chi connectivity index (χ2n) is 7.70. The van der Waals surface area contributed by atoms with Crippen LogP contribution in [0.3, 0.4) is 0 Å². The van der Waals surface area contributed by atoms with Crippen LogP contribution >= 0.6 is 12.4 Å². The average molecular weight is 431 g/mol. The van der Waals surface area contributed by atoms with Crippen LogP contribution in [-0.4, -0.2) is 57.8 Å². The summed E-state index contributed by atoms with van der Waals surface area (Å²) in [6.45, 7) is 3.27. The van der Waals surface area contributed by atoms with E-state index in [0.717, 1.165) is 38.4 Å². The molecule has 3 rings (SSSR count). The molecule has 0 unspecified atom stereocenters. The lowest BCUT2D eigenvalue weighted by Gasteiger charge is -2.32. The Balaban J connectivity index is 0.00000280. The number of halogens is 1. The first-order valence-electron chi connectivity index (χ1n) is 9.86. The number of hydrogen-bond acceptors (Lipinski definition) is 5. The number of hydrogen-bond donors (Lipinski definition) is 1. The van der Waals surface area contributed by atoms with Crippen molar-refractivity contribution in [1.82, 2.24) is 10.2 Å². The molecule has 1 aliphatic carbocycles. The van der Waals surface area contributed by atoms with Crippen LogP contribution in [0.5, 0.6) is 5.75 Å². The van der Waals surface area contributed by atoms with Crippen LogP contribution in [0.15, 0.2) is 29.2 Å². The summed E-state index contributed by atoms with van der Waals surface area (Å²) >= 11 is 0. The van der Waals surface area contributed by atoms with Crippen molar-refractivity contribution in [3.05, 3.63) is 24.3 Å². The zero-order valence-corrected chi connectivity index (χ0v) is 18.1. The Morgan fingerprint density at radius 1 is 1.14 bits per heavy atom. The first-order chi connectivity index (χ1) is 12.9. The van der Waals surface area contributed by atoms with Gasteiger partial charge in [0.05, 0.1) is 11.5 Å². The molecule has 158 valence electrons. The number of nitrogens with zero attached hydrogens (tertiary/aromatic N) is 1. The average Bonchev–Trinajstić information content (AvgIpc) is 3.48. The molecule has 1 N–H and O–H groups in total. The van der Waals surface area contributed by atoms with E-state index >= 15 is 0 Å². The molecule has 0 bridgehead atoms. The fourth-order valence-electron chi connectivity index (χ4n) is 3.34. The Morgan fingerprint density at radius 2 is 1.79 bits per heavy atom. The summed E-state index contributed by atoms with van der Waals surface area (Å²) in [7, 11) is -3.19. The molecule has 1 saturated heterocycles. The lowest BCUT2D eigenvalue weighted by molar-refractivity contribution is -0.132. The van der Waals surface area contributed by atoms with Gasteiger partial charge < -0.3 is 15.0 Å². The normalized spacial score (nSPS) is 17.8. The standard InChI is InChI=1S/C20H30N2O4S.ClH/c1-27(24,25)19-8-6-18(7-9-19)26-14-2-3-20(23)22-12-10-17(11-13-22)21-15-16-4-5-16;/h6-9,16-17,21H,2-5,10-15H2,1H3;1H. The van der Waals surface area contributed by atoms with Crippen molar-refractivity contribution in [2.75, 3.05) is 32.5 Å². The molecule has 1 aliphatic heterocycles. The molecule has 0 atom stereocenters. The van der Waals surface area contributed by atoms with Crippen molar-refractivity contribution in [1.29, 1.82) is 0 Å². The summed E-state index contributed by atoms with van der Waals surface area (Å²) < 4.78 is 28.5. The molecule has 8 heteroatoms. The number of benzene rings is 1. The number of sulfone groups is 1. The van der Waals surface area contributed by atoms with Crippen molar-refractivity contribution in [2.24, 2.45) is 5.92 Å². The molecule has 6 nitrogen and oxygen atoms in total. The van der Waals surface area contributed by atoms with Gasteiger partial charge in [-0.25, -0.2) is 8.42 Å². The molecule has 1 saturated carbocycles. The number of amides is 1. The zero-order valence-electron chi connectivity index (χ0n) is 16.4. The molecule has 1 amide bonds. The minimum atomic E-state index is -3.19. The predicted octanol–water partition coefficient (Wildman–Crippen LogP) is 2.66. The van der Waals surface area contributed by atoms with Crippen LogP contribution in [0, 0.1) is 5.92 Å². The van der Waals surface area contributed by atoms with Gasteiger partial charge in [0.25, 0.3) is 0 Å². The Bertz CT molecular complexity index is 727. The fraction of sp³-hybridized carbons (Fsp3) is 0.650. The van der Waals surface area contributed by atoms with E-state index in [4.69, 9.17) is 4.74 Å². The highest BCUT2D eigenvalue weighted by Crippen LogP contribution is 2.28. The van der Waals surface area contributed by atoms with Crippen molar-refractivity contribution in [3.8, 4) is 5.75 Å². The van der Waals surface area contributed by atoms with Crippen LogP contribution in [0.4, 0.5) is 0 Å². The molecule has 28 heavy (non-hydrogen) atoms. The number of likely N-dealkylation sites (tertiary alicyclic amines) is 1. The molecule has 2 aliphatic rings. The number of ether oxygens (including phenoxy) is 1. The van der Waals surface area contributed by atoms with Gasteiger partial charge in [-0.2, -0.15) is 0 Å². The molecule has 0 radical (unpaired) electrons. The molecular weight excluding hydrogens is 400 g/mol. The van der Waals surface area contributed by atoms with E-state index in [1.165, 1.54) is 31.2 Å². The number of rotatable bonds is 9. The van der Waals surface area contributed by atoms with E-state index in [9.17, 15) is 13.2 Å². The van der Waals surface area contributed by atoms with E-state index in [2.05, 4.69) is 5.32 Å². The van der Waals surface area contributed by atoms with Crippen molar-refractivity contribution >= 4 is 28.2 Å². The first kappa shape index (κ1) is 23.0. The predicted molar refractivity (Wildman–Crippen MR) is 112 cm³/mol. The van der Waals surface area contributed by atoms with Crippen molar-refractivity contribution in [3.63, 3.8) is 0 Å². The Kier molecular flexibility index (Phi) is 8.58. The summed E-state index contributed by atoms with van der Waals surface area (Å²) in [5.74, 6) is 1.72. The van der Waals surface area contributed by atoms with Gasteiger partial charge in [-0.05, 0) is 68.8 Å². The van der Waals surface area contributed by atoms with Gasteiger partial charge in [-0.3, -0.25) is 4.79 Å². The first-order valence-corrected chi connectivity index (χ1v) is 11.7. The fourth-order valence-corrected chi connectivity index (χ4v) is 3.97. The maximum Gasteiger partial charge on any atom is 0.222 e. The third-order valence-corrected chi connectivity index (χ3v) is 6.42. The molecule has 0 aromatic heterocycles. The highest BCUT2D eigenvalue weighted by molar-refractivity contribution is 7.90. The summed E-state index contributed by atoms with van der Waals surface area (Å²) in [6.07, 6.45) is 7.15. The van der Waals surface area contributed by atoms with E-state index in [1.54, 1.807) is 12.1 Å². The number of carbonyl (C=O) groups excluding carboxylic acids is 1. The second kappa shape index (κ2) is 10.5. The van der Waals surface area contributed by atoms with E-state index < -0.39 is 9.84 Å². The zero-order chi connectivity index (χ0) is 19.3. The van der Waals surface area contributed by atoms with E-state index in [0.29, 0.717) is 31.2 Å². The molecule has 2 fully saturated rings. The van der Waals surface area contributed by atoms with Gasteiger partial charge in [0.1, 0.15) is 5.75 Å². The van der Waals surface area contributed by atoms with Gasteiger partial charge >= 0.3 is 0 Å². The SMILES string of the molecule is CS(=O)(=O)c1ccc(OCCCC(=O)N2CCC(NCC3CC3)CC2)cc1.Cl. The largest absolute Gasteiger partial charge is 0.494 e. The maximum absolute atomic E-state index is 12.3. The smallest absolute Gasteiger partial charge is 0.222 e. The molecular formula is C20H31ClN2O4S. The van der Waals surface area contributed by atoms with Crippen LogP contribution in [0.1, 0.15) is 38.5 Å². The summed E-state index contributed by atoms with van der Waals surface area (Å²) in [5.41, 5.74) is 0. The minimum Gasteiger partial charge on any atom is -0.494 e. The lowest BCUT2D eigenvalue weighted by atomic mass is 10.0. The van der Waals surface area contributed by atoms with Gasteiger partial charge in [-0.1, -0.05) is 0 Å². The van der Waals surface area contributed by atoms with Gasteiger partial charge in [0, 0.05) is 31.8 Å². The Morgan fingerprint density at radius 3 is 2.36 bits per heavy atom. The Labute approximate surface area is 174 Å². The van der Waals surface area contributed by atoms with Gasteiger partial charge in [-0.15, -0.1) is 12.4 Å². The lowest BCUT2D eigenvalue weighted by Crippen LogP contribution is -2.45. The minimum absolute atomic E-state index is 0. The molecule has 1 aromatic rings. The van der Waals surface area contributed by atoms with E-state index in [-0.39, 0.29) is 23.2 Å². The molecule has 1 aromatic carbocycles. The maximum atomic E-state index is 12.3. The van der Waals surface area contributed by atoms with Crippen molar-refractivity contribution < 1.29 is 17.9 Å². The molecule has 1 heterocycles. The van der Waals surface area contributed by atoms with Gasteiger partial charge in [0.15, 0.2) is 9.84 Å².